The first kappa shape index (κ1) is 20.1. The summed E-state index contributed by atoms with van der Waals surface area (Å²) in [6, 6.07) is 13.8. The van der Waals surface area contributed by atoms with Crippen LogP contribution in [0.1, 0.15) is 65.1 Å². The lowest BCUT2D eigenvalue weighted by molar-refractivity contribution is -0.137. The van der Waals surface area contributed by atoms with Gasteiger partial charge in [-0.3, -0.25) is 4.79 Å². The first-order valence-electron chi connectivity index (χ1n) is 10.3. The van der Waals surface area contributed by atoms with Crippen LogP contribution in [-0.4, -0.2) is 30.8 Å². The molecule has 2 nitrogen and oxygen atoms in total. The van der Waals surface area contributed by atoms with E-state index in [1.54, 1.807) is 0 Å². The van der Waals surface area contributed by atoms with Crippen LogP contribution < -0.4 is 0 Å². The van der Waals surface area contributed by atoms with E-state index in [2.05, 4.69) is 24.1 Å². The van der Waals surface area contributed by atoms with Gasteiger partial charge in [0.25, 0.3) is 0 Å². The molecule has 1 aliphatic heterocycles. The quantitative estimate of drug-likeness (QED) is 0.589. The monoisotopic (exact) mass is 401 g/mol. The maximum Gasteiger partial charge on any atom is 0.416 e. The largest absolute Gasteiger partial charge is 0.416 e. The zero-order valence-corrected chi connectivity index (χ0v) is 16.6. The van der Waals surface area contributed by atoms with Crippen LogP contribution in [0.25, 0.3) is 0 Å². The number of likely N-dealkylation sites (tertiary alicyclic amines) is 1. The van der Waals surface area contributed by atoms with E-state index in [9.17, 15) is 18.0 Å². The molecule has 1 aliphatic carbocycles. The second-order valence-corrected chi connectivity index (χ2v) is 8.66. The number of carbonyl (C=O) groups excluding carboxylic acids is 1. The standard InChI is InChI=1S/C24H26F3NO/c1-28-13-5-12-23(16-28,18-6-3-2-4-7-18)15-22(29)20-11-10-19(24(25,26)27)14-21(20)17-8-9-17/h2-4,6-7,10-11,14,17H,5,8-9,12-13,15-16H2,1H3. The number of rotatable bonds is 5. The van der Waals surface area contributed by atoms with Gasteiger partial charge in [0, 0.05) is 23.9 Å². The maximum atomic E-state index is 13.4. The Morgan fingerprint density at radius 1 is 1.14 bits per heavy atom. The molecule has 4 rings (SSSR count). The summed E-state index contributed by atoms with van der Waals surface area (Å²) >= 11 is 0. The van der Waals surface area contributed by atoms with Gasteiger partial charge in [-0.25, -0.2) is 0 Å². The molecular weight excluding hydrogens is 375 g/mol. The van der Waals surface area contributed by atoms with Crippen molar-refractivity contribution in [3.05, 3.63) is 70.8 Å². The highest BCUT2D eigenvalue weighted by atomic mass is 19.4. The predicted octanol–water partition coefficient (Wildman–Crippen LogP) is 5.82. The average Bonchev–Trinajstić information content (AvgIpc) is 3.53. The smallest absolute Gasteiger partial charge is 0.305 e. The lowest BCUT2D eigenvalue weighted by atomic mass is 9.70. The number of hydrogen-bond acceptors (Lipinski definition) is 2. The number of carbonyl (C=O) groups is 1. The van der Waals surface area contributed by atoms with E-state index < -0.39 is 11.7 Å². The fourth-order valence-corrected chi connectivity index (χ4v) is 4.76. The van der Waals surface area contributed by atoms with Crippen molar-refractivity contribution >= 4 is 5.78 Å². The van der Waals surface area contributed by atoms with Gasteiger partial charge in [0.05, 0.1) is 5.56 Å². The Hall–Kier alpha value is -2.14. The number of Topliss-reactive ketones (excluding diaryl/α,β-unsaturated/α-hetero) is 1. The van der Waals surface area contributed by atoms with Crippen molar-refractivity contribution in [2.24, 2.45) is 0 Å². The molecule has 1 heterocycles. The molecule has 1 saturated heterocycles. The number of benzene rings is 2. The summed E-state index contributed by atoms with van der Waals surface area (Å²) < 4.78 is 39.6. The van der Waals surface area contributed by atoms with Crippen LogP contribution in [0, 0.1) is 0 Å². The zero-order valence-electron chi connectivity index (χ0n) is 16.6. The molecule has 0 aromatic heterocycles. The van der Waals surface area contributed by atoms with E-state index in [-0.39, 0.29) is 17.1 Å². The average molecular weight is 401 g/mol. The molecule has 1 saturated carbocycles. The van der Waals surface area contributed by atoms with Crippen LogP contribution in [0.2, 0.25) is 0 Å². The summed E-state index contributed by atoms with van der Waals surface area (Å²) in [7, 11) is 2.06. The number of ketones is 1. The topological polar surface area (TPSA) is 20.3 Å². The van der Waals surface area contributed by atoms with Gasteiger partial charge in [-0.05, 0) is 68.5 Å². The number of hydrogen-bond donors (Lipinski definition) is 0. The van der Waals surface area contributed by atoms with E-state index in [1.165, 1.54) is 12.1 Å². The van der Waals surface area contributed by atoms with Crippen molar-refractivity contribution in [2.45, 2.75) is 49.6 Å². The van der Waals surface area contributed by atoms with Crippen LogP contribution in [-0.2, 0) is 11.6 Å². The van der Waals surface area contributed by atoms with Crippen LogP contribution in [0.5, 0.6) is 0 Å². The van der Waals surface area contributed by atoms with E-state index in [0.717, 1.165) is 50.4 Å². The minimum absolute atomic E-state index is 0.0419. The third-order valence-electron chi connectivity index (χ3n) is 6.35. The van der Waals surface area contributed by atoms with Gasteiger partial charge in [-0.2, -0.15) is 13.2 Å². The molecule has 29 heavy (non-hydrogen) atoms. The van der Waals surface area contributed by atoms with Crippen LogP contribution in [0.4, 0.5) is 13.2 Å². The fraction of sp³-hybridized carbons (Fsp3) is 0.458. The lowest BCUT2D eigenvalue weighted by Gasteiger charge is -2.42. The molecule has 2 aliphatic rings. The van der Waals surface area contributed by atoms with Crippen molar-refractivity contribution in [3.63, 3.8) is 0 Å². The Morgan fingerprint density at radius 2 is 1.86 bits per heavy atom. The summed E-state index contributed by atoms with van der Waals surface area (Å²) in [5, 5.41) is 0. The van der Waals surface area contributed by atoms with Gasteiger partial charge in [-0.15, -0.1) is 0 Å². The first-order chi connectivity index (χ1) is 13.8. The molecular formula is C24H26F3NO. The van der Waals surface area contributed by atoms with Crippen LogP contribution in [0.15, 0.2) is 48.5 Å². The number of piperidine rings is 1. The molecule has 1 unspecified atom stereocenters. The summed E-state index contributed by atoms with van der Waals surface area (Å²) in [6.45, 7) is 1.78. The summed E-state index contributed by atoms with van der Waals surface area (Å²) in [6.07, 6.45) is -0.440. The van der Waals surface area contributed by atoms with Gasteiger partial charge in [0.1, 0.15) is 0 Å². The van der Waals surface area contributed by atoms with Crippen molar-refractivity contribution < 1.29 is 18.0 Å². The number of likely N-dealkylation sites (N-methyl/N-ethyl adjacent to an activating group) is 1. The molecule has 0 radical (unpaired) electrons. The van der Waals surface area contributed by atoms with Gasteiger partial charge in [-0.1, -0.05) is 36.4 Å². The van der Waals surface area contributed by atoms with E-state index in [4.69, 9.17) is 0 Å². The van der Waals surface area contributed by atoms with Crippen LogP contribution in [0.3, 0.4) is 0 Å². The summed E-state index contributed by atoms with van der Waals surface area (Å²) in [5.74, 6) is 0.0396. The Balaban J connectivity index is 1.68. The van der Waals surface area contributed by atoms with Crippen LogP contribution >= 0.6 is 0 Å². The molecule has 5 heteroatoms. The van der Waals surface area contributed by atoms with Crippen molar-refractivity contribution in [1.29, 1.82) is 0 Å². The van der Waals surface area contributed by atoms with E-state index in [1.807, 2.05) is 18.2 Å². The second kappa shape index (κ2) is 7.60. The van der Waals surface area contributed by atoms with Gasteiger partial charge >= 0.3 is 6.18 Å². The Morgan fingerprint density at radius 3 is 2.48 bits per heavy atom. The highest BCUT2D eigenvalue weighted by molar-refractivity contribution is 5.98. The summed E-state index contributed by atoms with van der Waals surface area (Å²) in [5.41, 5.74) is 1.24. The van der Waals surface area contributed by atoms with Gasteiger partial charge in [0.2, 0.25) is 0 Å². The van der Waals surface area contributed by atoms with Crippen molar-refractivity contribution in [2.75, 3.05) is 20.1 Å². The number of alkyl halides is 3. The highest BCUT2D eigenvalue weighted by Gasteiger charge is 2.40. The van der Waals surface area contributed by atoms with Gasteiger partial charge < -0.3 is 4.90 Å². The van der Waals surface area contributed by atoms with Crippen molar-refractivity contribution in [3.8, 4) is 0 Å². The molecule has 154 valence electrons. The first-order valence-corrected chi connectivity index (χ1v) is 10.3. The number of halogens is 3. The Bertz CT molecular complexity index is 889. The van der Waals surface area contributed by atoms with Crippen molar-refractivity contribution in [1.82, 2.24) is 4.90 Å². The third kappa shape index (κ3) is 4.25. The SMILES string of the molecule is CN1CCCC(CC(=O)c2ccc(C(F)(F)F)cc2C2CC2)(c2ccccc2)C1. The molecule has 0 bridgehead atoms. The third-order valence-corrected chi connectivity index (χ3v) is 6.35. The van der Waals surface area contributed by atoms with Gasteiger partial charge in [0.15, 0.2) is 5.78 Å². The molecule has 0 N–H and O–H groups in total. The summed E-state index contributed by atoms with van der Waals surface area (Å²) in [4.78, 5) is 15.7. The Labute approximate surface area is 169 Å². The minimum Gasteiger partial charge on any atom is -0.305 e. The molecule has 2 fully saturated rings. The number of nitrogens with zero attached hydrogens (tertiary/aromatic N) is 1. The molecule has 0 spiro atoms. The Kier molecular flexibility index (Phi) is 5.28. The highest BCUT2D eigenvalue weighted by Crippen LogP contribution is 2.45. The molecule has 2 aromatic carbocycles. The zero-order chi connectivity index (χ0) is 20.6. The van der Waals surface area contributed by atoms with E-state index >= 15 is 0 Å². The van der Waals surface area contributed by atoms with E-state index in [0.29, 0.717) is 17.5 Å². The fourth-order valence-electron chi connectivity index (χ4n) is 4.76. The predicted molar refractivity (Wildman–Crippen MR) is 107 cm³/mol. The maximum absolute atomic E-state index is 13.4. The molecule has 2 aromatic rings. The normalized spacial score (nSPS) is 23.2. The molecule has 0 amide bonds. The second-order valence-electron chi connectivity index (χ2n) is 8.66. The minimum atomic E-state index is -4.39. The molecule has 1 atom stereocenters. The lowest BCUT2D eigenvalue weighted by Crippen LogP contribution is -2.45.